The van der Waals surface area contributed by atoms with Gasteiger partial charge >= 0.3 is 6.09 Å². The Morgan fingerprint density at radius 2 is 1.96 bits per heavy atom. The summed E-state index contributed by atoms with van der Waals surface area (Å²) in [7, 11) is 0. The van der Waals surface area contributed by atoms with Gasteiger partial charge in [-0.15, -0.1) is 0 Å². The highest BCUT2D eigenvalue weighted by Crippen LogP contribution is 2.38. The lowest BCUT2D eigenvalue weighted by atomic mass is 10.0. The summed E-state index contributed by atoms with van der Waals surface area (Å²) in [5.41, 5.74) is 5.65. The van der Waals surface area contributed by atoms with Crippen molar-refractivity contribution in [1.29, 1.82) is 0 Å². The SMILES string of the molecule is CC(C)(C)OC(=O)N1C2CCC1CC(Oc1ccc(N)c(NC=O)n1)C2. The summed E-state index contributed by atoms with van der Waals surface area (Å²) in [4.78, 5) is 29.2. The van der Waals surface area contributed by atoms with E-state index < -0.39 is 5.60 Å². The molecule has 2 atom stereocenters. The molecule has 2 unspecified atom stereocenters. The number of nitrogen functional groups attached to an aromatic ring is 1. The van der Waals surface area contributed by atoms with Crippen LogP contribution in [-0.4, -0.2) is 46.2 Å². The third-order valence-corrected chi connectivity index (χ3v) is 4.68. The largest absolute Gasteiger partial charge is 0.474 e. The molecular weight excluding hydrogens is 336 g/mol. The zero-order valence-corrected chi connectivity index (χ0v) is 15.4. The van der Waals surface area contributed by atoms with Crippen LogP contribution in [0.15, 0.2) is 12.1 Å². The number of piperidine rings is 1. The predicted molar refractivity (Wildman–Crippen MR) is 96.9 cm³/mol. The van der Waals surface area contributed by atoms with Crippen LogP contribution in [0, 0.1) is 0 Å². The van der Waals surface area contributed by atoms with Crippen molar-refractivity contribution in [3.63, 3.8) is 0 Å². The fourth-order valence-corrected chi connectivity index (χ4v) is 3.70. The molecule has 142 valence electrons. The molecule has 2 amide bonds. The average molecular weight is 362 g/mol. The molecule has 0 aliphatic carbocycles. The number of carbonyl (C=O) groups excluding carboxylic acids is 2. The summed E-state index contributed by atoms with van der Waals surface area (Å²) in [5, 5.41) is 2.46. The van der Waals surface area contributed by atoms with Crippen LogP contribution < -0.4 is 15.8 Å². The Bertz CT molecular complexity index is 674. The summed E-state index contributed by atoms with van der Waals surface area (Å²) < 4.78 is 11.6. The molecule has 2 aliphatic rings. The van der Waals surface area contributed by atoms with E-state index in [4.69, 9.17) is 15.2 Å². The van der Waals surface area contributed by atoms with Crippen LogP contribution in [0.25, 0.3) is 0 Å². The molecule has 26 heavy (non-hydrogen) atoms. The van der Waals surface area contributed by atoms with Crippen molar-refractivity contribution in [2.45, 2.75) is 70.2 Å². The lowest BCUT2D eigenvalue weighted by molar-refractivity contribution is -0.105. The normalized spacial score (nSPS) is 24.9. The number of amides is 2. The number of fused-ring (bicyclic) bond motifs is 2. The summed E-state index contributed by atoms with van der Waals surface area (Å²) >= 11 is 0. The lowest BCUT2D eigenvalue weighted by Crippen LogP contribution is -2.50. The number of pyridine rings is 1. The van der Waals surface area contributed by atoms with Crippen molar-refractivity contribution in [2.24, 2.45) is 0 Å². The van der Waals surface area contributed by atoms with Crippen LogP contribution in [0.3, 0.4) is 0 Å². The molecule has 2 bridgehead atoms. The molecule has 0 aromatic carbocycles. The molecule has 2 saturated heterocycles. The Balaban J connectivity index is 1.65. The first-order valence-corrected chi connectivity index (χ1v) is 8.91. The molecule has 8 heteroatoms. The Labute approximate surface area is 153 Å². The first-order chi connectivity index (χ1) is 12.3. The van der Waals surface area contributed by atoms with Crippen molar-refractivity contribution >= 4 is 24.0 Å². The van der Waals surface area contributed by atoms with Gasteiger partial charge in [0.05, 0.1) is 5.69 Å². The van der Waals surface area contributed by atoms with Crippen LogP contribution in [0.1, 0.15) is 46.5 Å². The fourth-order valence-electron chi connectivity index (χ4n) is 3.70. The highest BCUT2D eigenvalue weighted by molar-refractivity contribution is 5.76. The monoisotopic (exact) mass is 362 g/mol. The molecule has 0 radical (unpaired) electrons. The Morgan fingerprint density at radius 1 is 1.31 bits per heavy atom. The number of carbonyl (C=O) groups is 2. The van der Waals surface area contributed by atoms with E-state index in [1.165, 1.54) is 0 Å². The smallest absolute Gasteiger partial charge is 0.410 e. The maximum Gasteiger partial charge on any atom is 0.410 e. The van der Waals surface area contributed by atoms with E-state index >= 15 is 0 Å². The number of rotatable bonds is 4. The second kappa shape index (κ2) is 7.01. The number of hydrogen-bond donors (Lipinski definition) is 2. The molecule has 1 aromatic rings. The van der Waals surface area contributed by atoms with E-state index in [9.17, 15) is 9.59 Å². The van der Waals surface area contributed by atoms with Crippen LogP contribution in [0.4, 0.5) is 16.3 Å². The van der Waals surface area contributed by atoms with Crippen molar-refractivity contribution in [2.75, 3.05) is 11.1 Å². The molecule has 3 heterocycles. The molecule has 0 spiro atoms. The molecule has 0 saturated carbocycles. The quantitative estimate of drug-likeness (QED) is 0.797. The molecule has 2 aliphatic heterocycles. The minimum atomic E-state index is -0.500. The first-order valence-electron chi connectivity index (χ1n) is 8.91. The van der Waals surface area contributed by atoms with E-state index in [2.05, 4.69) is 10.3 Å². The van der Waals surface area contributed by atoms with Gasteiger partial charge in [-0.2, -0.15) is 4.98 Å². The minimum absolute atomic E-state index is 0.0357. The van der Waals surface area contributed by atoms with Gasteiger partial charge in [-0.3, -0.25) is 4.79 Å². The fraction of sp³-hybridized carbons (Fsp3) is 0.611. The van der Waals surface area contributed by atoms with Gasteiger partial charge in [-0.05, 0) is 39.7 Å². The molecule has 1 aromatic heterocycles. The van der Waals surface area contributed by atoms with E-state index in [1.54, 1.807) is 12.1 Å². The number of nitrogens with zero attached hydrogens (tertiary/aromatic N) is 2. The van der Waals surface area contributed by atoms with E-state index in [-0.39, 0.29) is 30.1 Å². The van der Waals surface area contributed by atoms with Crippen molar-refractivity contribution in [1.82, 2.24) is 9.88 Å². The van der Waals surface area contributed by atoms with Gasteiger partial charge in [-0.1, -0.05) is 0 Å². The molecule has 2 fully saturated rings. The second-order valence-corrected chi connectivity index (χ2v) is 7.83. The van der Waals surface area contributed by atoms with Gasteiger partial charge in [-0.25, -0.2) is 4.79 Å². The van der Waals surface area contributed by atoms with Gasteiger partial charge in [0.2, 0.25) is 12.3 Å². The van der Waals surface area contributed by atoms with Gasteiger partial charge in [0.25, 0.3) is 0 Å². The number of nitrogens with one attached hydrogen (secondary N) is 1. The Morgan fingerprint density at radius 3 is 2.54 bits per heavy atom. The van der Waals surface area contributed by atoms with Gasteiger partial charge < -0.3 is 25.4 Å². The van der Waals surface area contributed by atoms with E-state index in [0.717, 1.165) is 25.7 Å². The van der Waals surface area contributed by atoms with Crippen LogP contribution in [0.2, 0.25) is 0 Å². The standard InChI is InChI=1S/C18H26N4O4/c1-18(2,3)26-17(24)22-11-4-5-12(22)9-13(8-11)25-15-7-6-14(19)16(21-15)20-10-23/h6-7,10-13H,4-5,8-9,19H2,1-3H3,(H,20,21,23). The summed E-state index contributed by atoms with van der Waals surface area (Å²) in [6.45, 7) is 5.63. The number of hydrogen-bond acceptors (Lipinski definition) is 6. The zero-order chi connectivity index (χ0) is 18.9. The number of aromatic nitrogens is 1. The highest BCUT2D eigenvalue weighted by atomic mass is 16.6. The first kappa shape index (κ1) is 18.3. The van der Waals surface area contributed by atoms with E-state index in [0.29, 0.717) is 18.0 Å². The summed E-state index contributed by atoms with van der Waals surface area (Å²) in [5.74, 6) is 0.699. The third kappa shape index (κ3) is 4.00. The van der Waals surface area contributed by atoms with Crippen molar-refractivity contribution in [3.8, 4) is 5.88 Å². The summed E-state index contributed by atoms with van der Waals surface area (Å²) in [6, 6.07) is 3.58. The minimum Gasteiger partial charge on any atom is -0.474 e. The predicted octanol–water partition coefficient (Wildman–Crippen LogP) is 2.54. The zero-order valence-electron chi connectivity index (χ0n) is 15.4. The van der Waals surface area contributed by atoms with Crippen LogP contribution >= 0.6 is 0 Å². The number of anilines is 2. The van der Waals surface area contributed by atoms with Gasteiger partial charge in [0.1, 0.15) is 11.7 Å². The molecule has 3 N–H and O–H groups in total. The molecule has 8 nitrogen and oxygen atoms in total. The second-order valence-electron chi connectivity index (χ2n) is 7.83. The maximum atomic E-state index is 12.5. The van der Waals surface area contributed by atoms with Crippen LogP contribution in [0.5, 0.6) is 5.88 Å². The average Bonchev–Trinajstić information content (AvgIpc) is 2.81. The topological polar surface area (TPSA) is 107 Å². The highest BCUT2D eigenvalue weighted by Gasteiger charge is 2.45. The number of nitrogens with two attached hydrogens (primary N) is 1. The van der Waals surface area contributed by atoms with E-state index in [1.807, 2.05) is 25.7 Å². The lowest BCUT2D eigenvalue weighted by Gasteiger charge is -2.39. The van der Waals surface area contributed by atoms with Gasteiger partial charge in [0.15, 0.2) is 5.82 Å². The van der Waals surface area contributed by atoms with Gasteiger partial charge in [0, 0.05) is 31.0 Å². The van der Waals surface area contributed by atoms with Crippen LogP contribution in [-0.2, 0) is 9.53 Å². The molecule has 3 rings (SSSR count). The molecular formula is C18H26N4O4. The van der Waals surface area contributed by atoms with Crippen molar-refractivity contribution < 1.29 is 19.1 Å². The Kier molecular flexibility index (Phi) is 4.93. The third-order valence-electron chi connectivity index (χ3n) is 4.68. The number of ether oxygens (including phenoxy) is 2. The van der Waals surface area contributed by atoms with Crippen molar-refractivity contribution in [3.05, 3.63) is 12.1 Å². The Hall–Kier alpha value is -2.51. The summed E-state index contributed by atoms with van der Waals surface area (Å²) in [6.07, 6.45) is 3.63. The maximum absolute atomic E-state index is 12.5.